The Balaban J connectivity index is 2.72. The first kappa shape index (κ1) is 10.8. The lowest BCUT2D eigenvalue weighted by Gasteiger charge is -2.46. The zero-order valence-corrected chi connectivity index (χ0v) is 8.16. The van der Waals surface area contributed by atoms with Gasteiger partial charge in [0.1, 0.15) is 0 Å². The second-order valence-corrected chi connectivity index (χ2v) is 4.83. The van der Waals surface area contributed by atoms with E-state index in [2.05, 4.69) is 0 Å². The predicted octanol–water partition coefficient (Wildman–Crippen LogP) is 3.14. The first-order valence-corrected chi connectivity index (χ1v) is 4.37. The van der Waals surface area contributed by atoms with E-state index < -0.39 is 11.8 Å². The number of rotatable bonds is 1. The largest absolute Gasteiger partial charge is 0.417 e. The minimum atomic E-state index is -4.22. The van der Waals surface area contributed by atoms with E-state index in [4.69, 9.17) is 4.74 Å². The minimum absolute atomic E-state index is 0.0451. The average molecular weight is 196 g/mol. The van der Waals surface area contributed by atoms with Crippen LogP contribution in [-0.2, 0) is 4.74 Å². The summed E-state index contributed by atoms with van der Waals surface area (Å²) < 4.78 is 42.4. The van der Waals surface area contributed by atoms with Crippen LogP contribution in [0.1, 0.15) is 33.6 Å². The standard InChI is InChI=1S/C9H15F3O/c1-7(2,3)6-8(4-5-13-8)9(10,11)12/h4-6H2,1-3H3. The molecular weight excluding hydrogens is 181 g/mol. The average Bonchev–Trinajstić information content (AvgIpc) is 1.73. The van der Waals surface area contributed by atoms with Crippen LogP contribution in [0, 0.1) is 5.41 Å². The van der Waals surface area contributed by atoms with E-state index >= 15 is 0 Å². The van der Waals surface area contributed by atoms with E-state index in [1.165, 1.54) is 0 Å². The van der Waals surface area contributed by atoms with Gasteiger partial charge >= 0.3 is 6.18 Å². The van der Waals surface area contributed by atoms with Crippen LogP contribution >= 0.6 is 0 Å². The summed E-state index contributed by atoms with van der Waals surface area (Å²) in [5.41, 5.74) is -2.21. The van der Waals surface area contributed by atoms with Crippen molar-refractivity contribution >= 4 is 0 Å². The maximum Gasteiger partial charge on any atom is 0.417 e. The Bertz CT molecular complexity index is 186. The molecule has 0 saturated carbocycles. The highest BCUT2D eigenvalue weighted by molar-refractivity contribution is 4.97. The van der Waals surface area contributed by atoms with Gasteiger partial charge in [0, 0.05) is 6.42 Å². The Morgan fingerprint density at radius 2 is 1.69 bits per heavy atom. The van der Waals surface area contributed by atoms with Crippen molar-refractivity contribution in [1.29, 1.82) is 0 Å². The summed E-state index contributed by atoms with van der Waals surface area (Å²) in [7, 11) is 0. The second-order valence-electron chi connectivity index (χ2n) is 4.83. The van der Waals surface area contributed by atoms with Crippen LogP contribution < -0.4 is 0 Å². The highest BCUT2D eigenvalue weighted by Gasteiger charge is 2.61. The first-order chi connectivity index (χ1) is 5.66. The lowest BCUT2D eigenvalue weighted by atomic mass is 9.77. The molecule has 0 bridgehead atoms. The van der Waals surface area contributed by atoms with Crippen molar-refractivity contribution in [3.8, 4) is 0 Å². The molecule has 1 aliphatic rings. The van der Waals surface area contributed by atoms with Gasteiger partial charge in [-0.2, -0.15) is 13.2 Å². The third-order valence-corrected chi connectivity index (χ3v) is 2.22. The fourth-order valence-corrected chi connectivity index (χ4v) is 1.67. The summed E-state index contributed by atoms with van der Waals surface area (Å²) in [5.74, 6) is 0. The van der Waals surface area contributed by atoms with Crippen molar-refractivity contribution in [2.75, 3.05) is 6.61 Å². The number of ether oxygens (including phenoxy) is 1. The molecule has 1 rings (SSSR count). The van der Waals surface area contributed by atoms with Crippen LogP contribution in [0.3, 0.4) is 0 Å². The molecule has 0 aromatic rings. The summed E-state index contributed by atoms with van der Waals surface area (Å²) in [4.78, 5) is 0. The molecule has 1 nitrogen and oxygen atoms in total. The molecule has 0 N–H and O–H groups in total. The molecule has 1 heterocycles. The van der Waals surface area contributed by atoms with Crippen molar-refractivity contribution < 1.29 is 17.9 Å². The minimum Gasteiger partial charge on any atom is -0.365 e. The molecule has 1 atom stereocenters. The third kappa shape index (κ3) is 2.16. The smallest absolute Gasteiger partial charge is 0.365 e. The zero-order valence-electron chi connectivity index (χ0n) is 8.16. The Morgan fingerprint density at radius 1 is 1.23 bits per heavy atom. The van der Waals surface area contributed by atoms with Crippen LogP contribution in [0.4, 0.5) is 13.2 Å². The van der Waals surface area contributed by atoms with Gasteiger partial charge in [-0.1, -0.05) is 20.8 Å². The monoisotopic (exact) mass is 196 g/mol. The number of hydrogen-bond acceptors (Lipinski definition) is 1. The summed E-state index contributed by atoms with van der Waals surface area (Å²) in [6.07, 6.45) is -4.07. The fraction of sp³-hybridized carbons (Fsp3) is 1.00. The van der Waals surface area contributed by atoms with Gasteiger partial charge in [-0.05, 0) is 11.8 Å². The van der Waals surface area contributed by atoms with Gasteiger partial charge in [0.15, 0.2) is 5.60 Å². The molecule has 78 valence electrons. The number of hydrogen-bond donors (Lipinski definition) is 0. The molecule has 0 aromatic heterocycles. The maximum atomic E-state index is 12.6. The highest BCUT2D eigenvalue weighted by atomic mass is 19.4. The Hall–Kier alpha value is -0.250. The molecular formula is C9H15F3O. The second kappa shape index (κ2) is 2.87. The van der Waals surface area contributed by atoms with E-state index in [-0.39, 0.29) is 24.9 Å². The Kier molecular flexibility index (Phi) is 2.39. The van der Waals surface area contributed by atoms with Crippen molar-refractivity contribution in [2.45, 2.75) is 45.4 Å². The molecule has 4 heteroatoms. The van der Waals surface area contributed by atoms with E-state index in [0.29, 0.717) is 0 Å². The Labute approximate surface area is 76.3 Å². The van der Waals surface area contributed by atoms with Gasteiger partial charge in [0.2, 0.25) is 0 Å². The molecule has 0 spiro atoms. The van der Waals surface area contributed by atoms with Gasteiger partial charge < -0.3 is 4.74 Å². The summed E-state index contributed by atoms with van der Waals surface area (Å²) in [6, 6.07) is 0. The molecule has 1 unspecified atom stereocenters. The summed E-state index contributed by atoms with van der Waals surface area (Å²) in [5, 5.41) is 0. The molecule has 1 fully saturated rings. The van der Waals surface area contributed by atoms with Gasteiger partial charge in [-0.25, -0.2) is 0 Å². The van der Waals surface area contributed by atoms with Gasteiger partial charge in [0.05, 0.1) is 6.61 Å². The summed E-state index contributed by atoms with van der Waals surface area (Å²) in [6.45, 7) is 5.61. The van der Waals surface area contributed by atoms with Crippen LogP contribution in [0.5, 0.6) is 0 Å². The molecule has 0 amide bonds. The van der Waals surface area contributed by atoms with Crippen molar-refractivity contribution in [3.05, 3.63) is 0 Å². The lowest BCUT2D eigenvalue weighted by molar-refractivity contribution is -0.333. The van der Waals surface area contributed by atoms with Crippen molar-refractivity contribution in [1.82, 2.24) is 0 Å². The highest BCUT2D eigenvalue weighted by Crippen LogP contribution is 2.48. The lowest BCUT2D eigenvalue weighted by Crippen LogP contribution is -2.57. The van der Waals surface area contributed by atoms with E-state index in [1.807, 2.05) is 0 Å². The molecule has 0 aromatic carbocycles. The van der Waals surface area contributed by atoms with Crippen molar-refractivity contribution in [2.24, 2.45) is 5.41 Å². The first-order valence-electron chi connectivity index (χ1n) is 4.37. The molecule has 13 heavy (non-hydrogen) atoms. The van der Waals surface area contributed by atoms with Gasteiger partial charge in [0.25, 0.3) is 0 Å². The van der Waals surface area contributed by atoms with Gasteiger partial charge in [-0.15, -0.1) is 0 Å². The quantitative estimate of drug-likeness (QED) is 0.626. The van der Waals surface area contributed by atoms with Crippen LogP contribution in [0.25, 0.3) is 0 Å². The molecule has 1 aliphatic heterocycles. The van der Waals surface area contributed by atoms with E-state index in [0.717, 1.165) is 0 Å². The number of alkyl halides is 3. The molecule has 0 radical (unpaired) electrons. The topological polar surface area (TPSA) is 9.23 Å². The van der Waals surface area contributed by atoms with Crippen LogP contribution in [0.15, 0.2) is 0 Å². The van der Waals surface area contributed by atoms with Crippen LogP contribution in [0.2, 0.25) is 0 Å². The third-order valence-electron chi connectivity index (χ3n) is 2.22. The van der Waals surface area contributed by atoms with Gasteiger partial charge in [-0.3, -0.25) is 0 Å². The van der Waals surface area contributed by atoms with E-state index in [1.54, 1.807) is 20.8 Å². The number of halogens is 3. The zero-order chi connectivity index (χ0) is 10.3. The molecule has 1 saturated heterocycles. The summed E-state index contributed by atoms with van der Waals surface area (Å²) >= 11 is 0. The maximum absolute atomic E-state index is 12.6. The van der Waals surface area contributed by atoms with Crippen molar-refractivity contribution in [3.63, 3.8) is 0 Å². The molecule has 0 aliphatic carbocycles. The Morgan fingerprint density at radius 3 is 1.77 bits per heavy atom. The SMILES string of the molecule is CC(C)(C)CC1(C(F)(F)F)CCO1. The normalized spacial score (nSPS) is 30.0. The van der Waals surface area contributed by atoms with E-state index in [9.17, 15) is 13.2 Å². The fourth-order valence-electron chi connectivity index (χ4n) is 1.67. The van der Waals surface area contributed by atoms with Crippen LogP contribution in [-0.4, -0.2) is 18.4 Å². The predicted molar refractivity (Wildman–Crippen MR) is 43.4 cm³/mol.